The number of hydrogen-bond acceptors (Lipinski definition) is 3. The highest BCUT2D eigenvalue weighted by Crippen LogP contribution is 2.25. The van der Waals surface area contributed by atoms with E-state index in [0.717, 1.165) is 0 Å². The maximum atomic E-state index is 12.2. The van der Waals surface area contributed by atoms with Crippen molar-refractivity contribution in [3.8, 4) is 11.4 Å². The molecule has 1 aromatic carbocycles. The van der Waals surface area contributed by atoms with Gasteiger partial charge in [0.05, 0.1) is 23.9 Å². The Bertz CT molecular complexity index is 563. The van der Waals surface area contributed by atoms with Crippen LogP contribution in [-0.2, 0) is 0 Å². The van der Waals surface area contributed by atoms with E-state index in [1.807, 2.05) is 0 Å². The van der Waals surface area contributed by atoms with Crippen LogP contribution in [0.5, 0.6) is 5.75 Å². The van der Waals surface area contributed by atoms with E-state index in [9.17, 15) is 13.2 Å². The largest absolute Gasteiger partial charge is 0.573 e. The average molecular weight is 271 g/mol. The molecule has 0 aliphatic rings. The standard InChI is InChI=1S/C12H12F3N3O/c1-8(16)11-6-17-7-18(11)9-3-2-4-10(5-9)19-12(13,14)15/h2-8H,16H2,1H3. The molecule has 1 atom stereocenters. The van der Waals surface area contributed by atoms with Crippen LogP contribution in [0.1, 0.15) is 18.7 Å². The summed E-state index contributed by atoms with van der Waals surface area (Å²) in [6, 6.07) is 5.35. The number of halogens is 3. The minimum atomic E-state index is -4.71. The van der Waals surface area contributed by atoms with Crippen molar-refractivity contribution in [2.75, 3.05) is 0 Å². The fourth-order valence-corrected chi connectivity index (χ4v) is 1.69. The zero-order valence-corrected chi connectivity index (χ0v) is 10.1. The molecule has 102 valence electrons. The Labute approximate surface area is 107 Å². The summed E-state index contributed by atoms with van der Waals surface area (Å²) in [5.74, 6) is -0.283. The van der Waals surface area contributed by atoms with Gasteiger partial charge in [0.1, 0.15) is 5.75 Å². The quantitative estimate of drug-likeness (QED) is 0.933. The van der Waals surface area contributed by atoms with E-state index >= 15 is 0 Å². The van der Waals surface area contributed by atoms with Crippen molar-refractivity contribution >= 4 is 0 Å². The van der Waals surface area contributed by atoms with Gasteiger partial charge >= 0.3 is 6.36 Å². The summed E-state index contributed by atoms with van der Waals surface area (Å²) in [5.41, 5.74) is 6.97. The molecule has 0 aliphatic carbocycles. The highest BCUT2D eigenvalue weighted by atomic mass is 19.4. The van der Waals surface area contributed by atoms with E-state index in [4.69, 9.17) is 5.73 Å². The summed E-state index contributed by atoms with van der Waals surface area (Å²) in [5, 5.41) is 0. The van der Waals surface area contributed by atoms with Crippen LogP contribution in [0.4, 0.5) is 13.2 Å². The zero-order valence-electron chi connectivity index (χ0n) is 10.1. The van der Waals surface area contributed by atoms with Gasteiger partial charge in [0.15, 0.2) is 0 Å². The van der Waals surface area contributed by atoms with Crippen molar-refractivity contribution in [1.82, 2.24) is 9.55 Å². The van der Waals surface area contributed by atoms with E-state index in [2.05, 4.69) is 9.72 Å². The van der Waals surface area contributed by atoms with Crippen LogP contribution < -0.4 is 10.5 Å². The van der Waals surface area contributed by atoms with Crippen molar-refractivity contribution in [2.45, 2.75) is 19.3 Å². The number of ether oxygens (including phenoxy) is 1. The fraction of sp³-hybridized carbons (Fsp3) is 0.250. The van der Waals surface area contributed by atoms with Crippen LogP contribution in [0.15, 0.2) is 36.8 Å². The number of nitrogens with zero attached hydrogens (tertiary/aromatic N) is 2. The van der Waals surface area contributed by atoms with Gasteiger partial charge in [-0.2, -0.15) is 0 Å². The van der Waals surface area contributed by atoms with Crippen LogP contribution in [0, 0.1) is 0 Å². The van der Waals surface area contributed by atoms with E-state index in [-0.39, 0.29) is 11.8 Å². The molecule has 0 radical (unpaired) electrons. The van der Waals surface area contributed by atoms with Gasteiger partial charge in [0, 0.05) is 12.1 Å². The first-order valence-electron chi connectivity index (χ1n) is 5.51. The SMILES string of the molecule is CC(N)c1cncn1-c1cccc(OC(F)(F)F)c1. The first kappa shape index (κ1) is 13.4. The molecule has 1 unspecified atom stereocenters. The van der Waals surface area contributed by atoms with Crippen LogP contribution in [0.3, 0.4) is 0 Å². The van der Waals surface area contributed by atoms with E-state index in [1.165, 1.54) is 24.5 Å². The first-order valence-corrected chi connectivity index (χ1v) is 5.51. The molecule has 4 nitrogen and oxygen atoms in total. The lowest BCUT2D eigenvalue weighted by Gasteiger charge is -2.13. The molecule has 0 fully saturated rings. The fourth-order valence-electron chi connectivity index (χ4n) is 1.69. The van der Waals surface area contributed by atoms with Crippen LogP contribution in [0.25, 0.3) is 5.69 Å². The highest BCUT2D eigenvalue weighted by molar-refractivity contribution is 5.40. The topological polar surface area (TPSA) is 53.1 Å². The highest BCUT2D eigenvalue weighted by Gasteiger charge is 2.31. The van der Waals surface area contributed by atoms with Gasteiger partial charge in [-0.15, -0.1) is 13.2 Å². The molecule has 1 aromatic heterocycles. The summed E-state index contributed by atoms with van der Waals surface area (Å²) in [6.45, 7) is 1.77. The minimum absolute atomic E-state index is 0.283. The number of alkyl halides is 3. The molecular formula is C12H12F3N3O. The Morgan fingerprint density at radius 3 is 2.74 bits per heavy atom. The third-order valence-electron chi connectivity index (χ3n) is 2.46. The van der Waals surface area contributed by atoms with Crippen molar-refractivity contribution in [3.63, 3.8) is 0 Å². The second-order valence-electron chi connectivity index (χ2n) is 4.02. The van der Waals surface area contributed by atoms with Crippen molar-refractivity contribution < 1.29 is 17.9 Å². The lowest BCUT2D eigenvalue weighted by molar-refractivity contribution is -0.274. The molecule has 0 aliphatic heterocycles. The average Bonchev–Trinajstić information content (AvgIpc) is 2.75. The number of hydrogen-bond donors (Lipinski definition) is 1. The molecule has 19 heavy (non-hydrogen) atoms. The number of aromatic nitrogens is 2. The third-order valence-corrected chi connectivity index (χ3v) is 2.46. The Morgan fingerprint density at radius 2 is 2.11 bits per heavy atom. The summed E-state index contributed by atoms with van der Waals surface area (Å²) >= 11 is 0. The van der Waals surface area contributed by atoms with Crippen LogP contribution in [0.2, 0.25) is 0 Å². The lowest BCUT2D eigenvalue weighted by atomic mass is 10.2. The Kier molecular flexibility index (Phi) is 3.48. The molecule has 0 saturated heterocycles. The van der Waals surface area contributed by atoms with Gasteiger partial charge in [-0.05, 0) is 19.1 Å². The smallest absolute Gasteiger partial charge is 0.406 e. The minimum Gasteiger partial charge on any atom is -0.406 e. The van der Waals surface area contributed by atoms with Gasteiger partial charge in [-0.3, -0.25) is 0 Å². The predicted octanol–water partition coefficient (Wildman–Crippen LogP) is 2.79. The molecule has 0 bridgehead atoms. The van der Waals surface area contributed by atoms with Gasteiger partial charge in [-0.25, -0.2) is 4.98 Å². The summed E-state index contributed by atoms with van der Waals surface area (Å²) in [4.78, 5) is 3.94. The molecule has 0 saturated carbocycles. The molecule has 2 N–H and O–H groups in total. The normalized spacial score (nSPS) is 13.3. The molecule has 7 heteroatoms. The maximum Gasteiger partial charge on any atom is 0.573 e. The Morgan fingerprint density at radius 1 is 1.37 bits per heavy atom. The second-order valence-corrected chi connectivity index (χ2v) is 4.02. The van der Waals surface area contributed by atoms with Crippen molar-refractivity contribution in [2.24, 2.45) is 5.73 Å². The van der Waals surface area contributed by atoms with Gasteiger partial charge in [-0.1, -0.05) is 6.07 Å². The van der Waals surface area contributed by atoms with Gasteiger partial charge in [0.2, 0.25) is 0 Å². The van der Waals surface area contributed by atoms with E-state index in [1.54, 1.807) is 23.8 Å². The summed E-state index contributed by atoms with van der Waals surface area (Å²) in [6.07, 6.45) is -1.65. The monoisotopic (exact) mass is 271 g/mol. The molecule has 0 amide bonds. The van der Waals surface area contributed by atoms with Crippen LogP contribution >= 0.6 is 0 Å². The number of nitrogens with two attached hydrogens (primary N) is 1. The zero-order chi connectivity index (χ0) is 14.0. The molecular weight excluding hydrogens is 259 g/mol. The number of benzene rings is 1. The lowest BCUT2D eigenvalue weighted by Crippen LogP contribution is -2.17. The number of rotatable bonds is 3. The van der Waals surface area contributed by atoms with Crippen LogP contribution in [-0.4, -0.2) is 15.9 Å². The molecule has 2 rings (SSSR count). The molecule has 2 aromatic rings. The van der Waals surface area contributed by atoms with Crippen molar-refractivity contribution in [3.05, 3.63) is 42.5 Å². The summed E-state index contributed by atoms with van der Waals surface area (Å²) < 4.78 is 42.0. The maximum absolute atomic E-state index is 12.2. The number of imidazole rings is 1. The Hall–Kier alpha value is -2.02. The first-order chi connectivity index (χ1) is 8.87. The van der Waals surface area contributed by atoms with E-state index in [0.29, 0.717) is 11.4 Å². The molecule has 1 heterocycles. The summed E-state index contributed by atoms with van der Waals surface area (Å²) in [7, 11) is 0. The second kappa shape index (κ2) is 4.93. The third kappa shape index (κ3) is 3.25. The predicted molar refractivity (Wildman–Crippen MR) is 62.8 cm³/mol. The van der Waals surface area contributed by atoms with E-state index < -0.39 is 6.36 Å². The molecule has 0 spiro atoms. The van der Waals surface area contributed by atoms with Crippen molar-refractivity contribution in [1.29, 1.82) is 0 Å². The van der Waals surface area contributed by atoms with Gasteiger partial charge in [0.25, 0.3) is 0 Å². The Balaban J connectivity index is 2.35. The van der Waals surface area contributed by atoms with Gasteiger partial charge < -0.3 is 15.0 Å².